The van der Waals surface area contributed by atoms with Crippen molar-refractivity contribution in [3.63, 3.8) is 0 Å². The molecule has 1 aliphatic rings. The maximum absolute atomic E-state index is 12.6. The van der Waals surface area contributed by atoms with Gasteiger partial charge in [0.25, 0.3) is 5.91 Å². The van der Waals surface area contributed by atoms with Crippen molar-refractivity contribution in [1.29, 1.82) is 0 Å². The molecule has 0 unspecified atom stereocenters. The van der Waals surface area contributed by atoms with Gasteiger partial charge in [-0.25, -0.2) is 0 Å². The van der Waals surface area contributed by atoms with E-state index in [1.807, 2.05) is 38.1 Å². The molecule has 6 heteroatoms. The Balaban J connectivity index is 1.40. The number of aromatic amines is 1. The third-order valence-electron chi connectivity index (χ3n) is 5.00. The summed E-state index contributed by atoms with van der Waals surface area (Å²) in [5.41, 5.74) is 3.80. The van der Waals surface area contributed by atoms with E-state index in [2.05, 4.69) is 20.4 Å². The number of H-pyrrole nitrogens is 1. The number of aromatic nitrogens is 2. The number of aryl methyl sites for hydroxylation is 2. The molecule has 25 heavy (non-hydrogen) atoms. The highest BCUT2D eigenvalue weighted by Crippen LogP contribution is 2.20. The van der Waals surface area contributed by atoms with E-state index in [9.17, 15) is 4.79 Å². The Labute approximate surface area is 146 Å². The van der Waals surface area contributed by atoms with Crippen molar-refractivity contribution >= 4 is 16.8 Å². The number of nitrogens with one attached hydrogen (secondary N) is 2. The number of carbonyl (C=O) groups is 1. The molecule has 1 amide bonds. The van der Waals surface area contributed by atoms with Crippen LogP contribution in [0.1, 0.15) is 33.8 Å². The van der Waals surface area contributed by atoms with Crippen LogP contribution >= 0.6 is 0 Å². The average molecular weight is 338 g/mol. The van der Waals surface area contributed by atoms with E-state index in [1.54, 1.807) is 6.20 Å². The third kappa shape index (κ3) is 3.05. The number of rotatable bonds is 4. The summed E-state index contributed by atoms with van der Waals surface area (Å²) in [5.74, 6) is 0.866. The predicted molar refractivity (Wildman–Crippen MR) is 95.4 cm³/mol. The Morgan fingerprint density at radius 1 is 1.40 bits per heavy atom. The molecule has 0 radical (unpaired) electrons. The molecular formula is C19H22N4O2. The van der Waals surface area contributed by atoms with Gasteiger partial charge in [-0.3, -0.25) is 9.69 Å². The number of hydrogen-bond acceptors (Lipinski definition) is 4. The first-order chi connectivity index (χ1) is 12.1. The largest absolute Gasteiger partial charge is 0.361 e. The lowest BCUT2D eigenvalue weighted by atomic mass is 10.1. The summed E-state index contributed by atoms with van der Waals surface area (Å²) < 4.78 is 5.24. The average Bonchev–Trinajstić information content (AvgIpc) is 3.30. The second-order valence-electron chi connectivity index (χ2n) is 6.74. The van der Waals surface area contributed by atoms with Crippen LogP contribution in [0.2, 0.25) is 0 Å². The van der Waals surface area contributed by atoms with Crippen molar-refractivity contribution in [2.45, 2.75) is 32.9 Å². The number of hydrogen-bond donors (Lipinski definition) is 2. The van der Waals surface area contributed by atoms with E-state index in [-0.39, 0.29) is 11.9 Å². The lowest BCUT2D eigenvalue weighted by Crippen LogP contribution is -2.36. The van der Waals surface area contributed by atoms with Gasteiger partial charge >= 0.3 is 0 Å². The lowest BCUT2D eigenvalue weighted by Gasteiger charge is -2.16. The topological polar surface area (TPSA) is 74.2 Å². The third-order valence-corrected chi connectivity index (χ3v) is 5.00. The van der Waals surface area contributed by atoms with Gasteiger partial charge < -0.3 is 14.8 Å². The molecule has 4 rings (SSSR count). The summed E-state index contributed by atoms with van der Waals surface area (Å²) in [6.07, 6.45) is 2.74. The fourth-order valence-corrected chi connectivity index (χ4v) is 3.57. The molecule has 2 N–H and O–H groups in total. The van der Waals surface area contributed by atoms with E-state index in [0.29, 0.717) is 5.56 Å². The number of carbonyl (C=O) groups excluding carboxylic acids is 1. The molecule has 0 aliphatic carbocycles. The van der Waals surface area contributed by atoms with Crippen molar-refractivity contribution in [1.82, 2.24) is 20.4 Å². The Morgan fingerprint density at radius 2 is 2.24 bits per heavy atom. The summed E-state index contributed by atoms with van der Waals surface area (Å²) in [5, 5.41) is 8.15. The monoisotopic (exact) mass is 338 g/mol. The smallest absolute Gasteiger partial charge is 0.253 e. The van der Waals surface area contributed by atoms with Crippen LogP contribution < -0.4 is 5.32 Å². The van der Waals surface area contributed by atoms with Gasteiger partial charge in [0.05, 0.1) is 11.3 Å². The summed E-state index contributed by atoms with van der Waals surface area (Å²) in [7, 11) is 0. The number of nitrogens with zero attached hydrogens (tertiary/aromatic N) is 2. The zero-order valence-corrected chi connectivity index (χ0v) is 14.5. The summed E-state index contributed by atoms with van der Waals surface area (Å²) in [6.45, 7) is 6.54. The van der Waals surface area contributed by atoms with Gasteiger partial charge in [-0.1, -0.05) is 23.4 Å². The highest BCUT2D eigenvalue weighted by atomic mass is 16.5. The van der Waals surface area contributed by atoms with Gasteiger partial charge in [0.15, 0.2) is 0 Å². The maximum atomic E-state index is 12.6. The Morgan fingerprint density at radius 3 is 3.04 bits per heavy atom. The van der Waals surface area contributed by atoms with E-state index in [4.69, 9.17) is 4.52 Å². The first-order valence-corrected chi connectivity index (χ1v) is 8.63. The van der Waals surface area contributed by atoms with Crippen molar-refractivity contribution in [3.05, 3.63) is 53.0 Å². The predicted octanol–water partition coefficient (Wildman–Crippen LogP) is 2.78. The highest BCUT2D eigenvalue weighted by molar-refractivity contribution is 6.06. The molecule has 2 aromatic heterocycles. The number of fused-ring (bicyclic) bond motifs is 1. The van der Waals surface area contributed by atoms with Crippen molar-refractivity contribution in [2.75, 3.05) is 13.1 Å². The minimum Gasteiger partial charge on any atom is -0.361 e. The zero-order chi connectivity index (χ0) is 17.4. The molecule has 1 fully saturated rings. The Bertz CT molecular complexity index is 892. The van der Waals surface area contributed by atoms with Crippen molar-refractivity contribution in [3.8, 4) is 0 Å². The molecule has 1 aliphatic heterocycles. The van der Waals surface area contributed by atoms with Crippen LogP contribution in [0, 0.1) is 13.8 Å². The lowest BCUT2D eigenvalue weighted by molar-refractivity contribution is 0.0939. The van der Waals surface area contributed by atoms with Gasteiger partial charge in [-0.2, -0.15) is 0 Å². The number of benzene rings is 1. The van der Waals surface area contributed by atoms with Crippen molar-refractivity contribution in [2.24, 2.45) is 0 Å². The molecule has 130 valence electrons. The van der Waals surface area contributed by atoms with Gasteiger partial charge in [0.2, 0.25) is 0 Å². The quantitative estimate of drug-likeness (QED) is 0.767. The molecule has 6 nitrogen and oxygen atoms in total. The summed E-state index contributed by atoms with van der Waals surface area (Å²) in [6, 6.07) is 8.03. The molecule has 1 aromatic carbocycles. The van der Waals surface area contributed by atoms with Crippen LogP contribution in [0.4, 0.5) is 0 Å². The van der Waals surface area contributed by atoms with Crippen LogP contribution in [0.15, 0.2) is 35.0 Å². The van der Waals surface area contributed by atoms with Gasteiger partial charge in [0.1, 0.15) is 5.76 Å². The molecular weight excluding hydrogens is 316 g/mol. The first-order valence-electron chi connectivity index (χ1n) is 8.63. The molecule has 0 bridgehead atoms. The Kier molecular flexibility index (Phi) is 4.05. The van der Waals surface area contributed by atoms with Gasteiger partial charge in [-0.15, -0.1) is 0 Å². The van der Waals surface area contributed by atoms with Crippen LogP contribution in [-0.2, 0) is 6.54 Å². The minimum atomic E-state index is -0.0124. The molecule has 0 spiro atoms. The zero-order valence-electron chi connectivity index (χ0n) is 14.5. The second-order valence-corrected chi connectivity index (χ2v) is 6.74. The molecule has 0 saturated carbocycles. The van der Waals surface area contributed by atoms with Crippen LogP contribution in [0.5, 0.6) is 0 Å². The van der Waals surface area contributed by atoms with Crippen LogP contribution in [-0.4, -0.2) is 40.1 Å². The van der Waals surface area contributed by atoms with Crippen LogP contribution in [0.25, 0.3) is 10.9 Å². The molecule has 1 saturated heterocycles. The van der Waals surface area contributed by atoms with Gasteiger partial charge in [0, 0.05) is 48.3 Å². The summed E-state index contributed by atoms with van der Waals surface area (Å²) in [4.78, 5) is 18.1. The van der Waals surface area contributed by atoms with E-state index in [0.717, 1.165) is 54.0 Å². The maximum Gasteiger partial charge on any atom is 0.253 e. The minimum absolute atomic E-state index is 0.0124. The van der Waals surface area contributed by atoms with E-state index < -0.39 is 0 Å². The Hall–Kier alpha value is -2.60. The fourth-order valence-electron chi connectivity index (χ4n) is 3.57. The van der Waals surface area contributed by atoms with Crippen LogP contribution in [0.3, 0.4) is 0 Å². The van der Waals surface area contributed by atoms with E-state index in [1.165, 1.54) is 0 Å². The van der Waals surface area contributed by atoms with Gasteiger partial charge in [-0.05, 0) is 26.3 Å². The summed E-state index contributed by atoms with van der Waals surface area (Å²) >= 11 is 0. The molecule has 3 aromatic rings. The number of para-hydroxylation sites is 1. The molecule has 1 atom stereocenters. The SMILES string of the molecule is Cc1noc(C)c1CN1CC[C@H](NC(=O)c2c[nH]c3ccccc23)C1. The standard InChI is InChI=1S/C19H22N4O2/c1-12-17(13(2)25-22-12)11-23-8-7-14(10-23)21-19(24)16-9-20-18-6-4-3-5-15(16)18/h3-6,9,14,20H,7-8,10-11H2,1-2H3,(H,21,24)/t14-/m0/s1. The normalized spacial score (nSPS) is 18.1. The number of amides is 1. The molecule has 3 heterocycles. The highest BCUT2D eigenvalue weighted by Gasteiger charge is 2.26. The first kappa shape index (κ1) is 15.9. The van der Waals surface area contributed by atoms with E-state index >= 15 is 0 Å². The fraction of sp³-hybridized carbons (Fsp3) is 0.368. The number of likely N-dealkylation sites (tertiary alicyclic amines) is 1. The second kappa shape index (κ2) is 6.37. The van der Waals surface area contributed by atoms with Crippen molar-refractivity contribution < 1.29 is 9.32 Å².